The number of halogens is 4. The van der Waals surface area contributed by atoms with Crippen LogP contribution in [0, 0.1) is 17.2 Å². The molecule has 0 bridgehead atoms. The van der Waals surface area contributed by atoms with Gasteiger partial charge in [-0.25, -0.2) is 4.39 Å². The number of hydrogen-bond acceptors (Lipinski definition) is 2. The lowest BCUT2D eigenvalue weighted by Crippen LogP contribution is -2.66. The molecule has 1 aliphatic carbocycles. The Balaban J connectivity index is 1.87. The molecule has 0 unspecified atom stereocenters. The highest BCUT2D eigenvalue weighted by Gasteiger charge is 2.61. The number of carbonyl (C=O) groups excluding carboxylic acids is 1. The first-order chi connectivity index (χ1) is 11.0. The second kappa shape index (κ2) is 5.44. The molecule has 1 saturated heterocycles. The maximum absolute atomic E-state index is 13.4. The fraction of sp³-hybridized carbons (Fsp3) is 0.588. The van der Waals surface area contributed by atoms with Crippen molar-refractivity contribution in [3.8, 4) is 0 Å². The molecule has 1 aliphatic heterocycles. The van der Waals surface area contributed by atoms with Gasteiger partial charge >= 0.3 is 6.18 Å². The minimum absolute atomic E-state index is 0.0664. The van der Waals surface area contributed by atoms with E-state index in [1.807, 2.05) is 13.8 Å². The van der Waals surface area contributed by atoms with Crippen LogP contribution in [0.1, 0.15) is 36.2 Å². The maximum Gasteiger partial charge on any atom is 0.419 e. The van der Waals surface area contributed by atoms with Gasteiger partial charge in [0.05, 0.1) is 11.7 Å². The summed E-state index contributed by atoms with van der Waals surface area (Å²) in [6.45, 7) is 4.60. The van der Waals surface area contributed by atoms with Crippen molar-refractivity contribution >= 4 is 5.91 Å². The van der Waals surface area contributed by atoms with E-state index in [1.54, 1.807) is 7.05 Å². The summed E-state index contributed by atoms with van der Waals surface area (Å²) in [5, 5.41) is 0. The van der Waals surface area contributed by atoms with Gasteiger partial charge in [0.15, 0.2) is 0 Å². The first-order valence-corrected chi connectivity index (χ1v) is 7.80. The first-order valence-electron chi connectivity index (χ1n) is 7.80. The monoisotopic (exact) mass is 345 g/mol. The summed E-state index contributed by atoms with van der Waals surface area (Å²) in [6.07, 6.45) is -3.94. The van der Waals surface area contributed by atoms with Gasteiger partial charge in [0.2, 0.25) is 0 Å². The Kier molecular flexibility index (Phi) is 3.90. The molecule has 1 saturated carbocycles. The molecule has 1 heterocycles. The number of carbonyl (C=O) groups is 1. The van der Waals surface area contributed by atoms with Crippen molar-refractivity contribution in [1.29, 1.82) is 0 Å². The highest BCUT2D eigenvalue weighted by molar-refractivity contribution is 5.94. The Morgan fingerprint density at radius 2 is 2.00 bits per heavy atom. The minimum Gasteiger partial charge on any atom is -0.377 e. The van der Waals surface area contributed by atoms with Gasteiger partial charge in [0.1, 0.15) is 5.82 Å². The fourth-order valence-corrected chi connectivity index (χ4v) is 4.29. The molecule has 24 heavy (non-hydrogen) atoms. The molecule has 0 radical (unpaired) electrons. The van der Waals surface area contributed by atoms with E-state index in [4.69, 9.17) is 4.74 Å². The number of amides is 1. The van der Waals surface area contributed by atoms with Crippen molar-refractivity contribution in [2.24, 2.45) is 11.3 Å². The third-order valence-electron chi connectivity index (χ3n) is 5.29. The van der Waals surface area contributed by atoms with Gasteiger partial charge in [0, 0.05) is 36.6 Å². The number of hydrogen-bond donors (Lipinski definition) is 0. The maximum atomic E-state index is 13.4. The van der Waals surface area contributed by atoms with Gasteiger partial charge in [-0.05, 0) is 24.6 Å². The van der Waals surface area contributed by atoms with Crippen molar-refractivity contribution in [3.05, 3.63) is 35.1 Å². The average molecular weight is 345 g/mol. The minimum atomic E-state index is -4.83. The highest BCUT2D eigenvalue weighted by Crippen LogP contribution is 2.54. The van der Waals surface area contributed by atoms with Crippen molar-refractivity contribution in [1.82, 2.24) is 4.90 Å². The van der Waals surface area contributed by atoms with Crippen LogP contribution in [-0.4, -0.2) is 36.6 Å². The van der Waals surface area contributed by atoms with Gasteiger partial charge in [-0.1, -0.05) is 13.8 Å². The smallest absolute Gasteiger partial charge is 0.377 e. The molecule has 1 amide bonds. The molecular formula is C17H19F4NO2. The molecule has 1 aromatic carbocycles. The molecule has 132 valence electrons. The Bertz CT molecular complexity index is 671. The zero-order valence-corrected chi connectivity index (χ0v) is 13.7. The molecule has 0 N–H and O–H groups in total. The van der Waals surface area contributed by atoms with Crippen molar-refractivity contribution in [3.63, 3.8) is 0 Å². The highest BCUT2D eigenvalue weighted by atomic mass is 19.4. The van der Waals surface area contributed by atoms with Gasteiger partial charge in [0.25, 0.3) is 5.91 Å². The quantitative estimate of drug-likeness (QED) is 0.765. The largest absolute Gasteiger partial charge is 0.419 e. The number of fused-ring (bicyclic) bond motifs is 1. The lowest BCUT2D eigenvalue weighted by Gasteiger charge is -2.57. The van der Waals surface area contributed by atoms with Crippen LogP contribution in [0.2, 0.25) is 0 Å². The SMILES string of the molecule is CN(C(=O)c1ccc(F)c(C(F)(F)F)c1)[C@@H]1[C@H]2CCO[C@@H]2C1(C)C. The first kappa shape index (κ1) is 17.2. The summed E-state index contributed by atoms with van der Waals surface area (Å²) in [5.74, 6) is -1.73. The van der Waals surface area contributed by atoms with Crippen LogP contribution in [0.15, 0.2) is 18.2 Å². The predicted octanol–water partition coefficient (Wildman–Crippen LogP) is 3.73. The topological polar surface area (TPSA) is 29.5 Å². The van der Waals surface area contributed by atoms with Crippen LogP contribution in [0.3, 0.4) is 0 Å². The zero-order chi connectivity index (χ0) is 17.9. The van der Waals surface area contributed by atoms with E-state index in [-0.39, 0.29) is 29.0 Å². The molecule has 3 rings (SSSR count). The third kappa shape index (κ3) is 2.49. The lowest BCUT2D eigenvalue weighted by atomic mass is 9.56. The molecule has 2 aliphatic rings. The van der Waals surface area contributed by atoms with Gasteiger partial charge in [-0.15, -0.1) is 0 Å². The van der Waals surface area contributed by atoms with E-state index in [9.17, 15) is 22.4 Å². The molecule has 7 heteroatoms. The summed E-state index contributed by atoms with van der Waals surface area (Å²) in [7, 11) is 1.58. The van der Waals surface area contributed by atoms with Crippen LogP contribution in [0.25, 0.3) is 0 Å². The Hall–Kier alpha value is -1.63. The van der Waals surface area contributed by atoms with Crippen LogP contribution in [0.4, 0.5) is 17.6 Å². The Morgan fingerprint density at radius 1 is 1.33 bits per heavy atom. The Labute approximate surface area is 137 Å². The standard InChI is InChI=1S/C17H19F4NO2/c1-16(2)13(10-6-7-24-14(10)16)22(3)15(23)9-4-5-12(18)11(8-9)17(19,20)21/h4-5,8,10,13-14H,6-7H2,1-3H3/t10-,13-,14+/m1/s1. The number of alkyl halides is 3. The van der Waals surface area contributed by atoms with E-state index in [0.717, 1.165) is 12.5 Å². The second-order valence-electron chi connectivity index (χ2n) is 7.12. The van der Waals surface area contributed by atoms with Crippen LogP contribution in [-0.2, 0) is 10.9 Å². The van der Waals surface area contributed by atoms with Crippen LogP contribution < -0.4 is 0 Å². The zero-order valence-electron chi connectivity index (χ0n) is 13.7. The van der Waals surface area contributed by atoms with Gasteiger partial charge in [-0.3, -0.25) is 4.79 Å². The fourth-order valence-electron chi connectivity index (χ4n) is 4.29. The summed E-state index contributed by atoms with van der Waals surface area (Å²) in [6, 6.07) is 2.26. The number of nitrogens with zero attached hydrogens (tertiary/aromatic N) is 1. The molecule has 2 fully saturated rings. The van der Waals surface area contributed by atoms with Crippen LogP contribution >= 0.6 is 0 Å². The van der Waals surface area contributed by atoms with E-state index in [0.29, 0.717) is 18.7 Å². The average Bonchev–Trinajstić information content (AvgIpc) is 2.92. The predicted molar refractivity (Wildman–Crippen MR) is 78.9 cm³/mol. The normalized spacial score (nSPS) is 28.2. The summed E-state index contributed by atoms with van der Waals surface area (Å²) in [4.78, 5) is 14.1. The van der Waals surface area contributed by atoms with Crippen molar-refractivity contribution < 1.29 is 27.1 Å². The number of benzene rings is 1. The van der Waals surface area contributed by atoms with E-state index < -0.39 is 23.5 Å². The number of ether oxygens (including phenoxy) is 1. The molecule has 0 spiro atoms. The van der Waals surface area contributed by atoms with Gasteiger partial charge in [-0.2, -0.15) is 13.2 Å². The van der Waals surface area contributed by atoms with E-state index in [1.165, 1.54) is 4.90 Å². The van der Waals surface area contributed by atoms with Crippen molar-refractivity contribution in [2.45, 2.75) is 38.6 Å². The third-order valence-corrected chi connectivity index (χ3v) is 5.29. The van der Waals surface area contributed by atoms with Crippen molar-refractivity contribution in [2.75, 3.05) is 13.7 Å². The summed E-state index contributed by atoms with van der Waals surface area (Å²) < 4.78 is 57.6. The van der Waals surface area contributed by atoms with E-state index >= 15 is 0 Å². The molecular weight excluding hydrogens is 326 g/mol. The lowest BCUT2D eigenvalue weighted by molar-refractivity contribution is -0.140. The molecule has 3 nitrogen and oxygen atoms in total. The second-order valence-corrected chi connectivity index (χ2v) is 7.12. The molecule has 3 atom stereocenters. The number of rotatable bonds is 2. The summed E-state index contributed by atoms with van der Waals surface area (Å²) >= 11 is 0. The van der Waals surface area contributed by atoms with Crippen LogP contribution in [0.5, 0.6) is 0 Å². The van der Waals surface area contributed by atoms with Gasteiger partial charge < -0.3 is 9.64 Å². The summed E-state index contributed by atoms with van der Waals surface area (Å²) in [5.41, 5.74) is -1.85. The molecule has 1 aromatic rings. The van der Waals surface area contributed by atoms with E-state index in [2.05, 4.69) is 0 Å². The Morgan fingerprint density at radius 3 is 2.62 bits per heavy atom. The molecule has 0 aromatic heterocycles.